The molecule has 0 saturated carbocycles. The molecule has 1 aromatic carbocycles. The summed E-state index contributed by atoms with van der Waals surface area (Å²) in [6.45, 7) is 9.43. The van der Waals surface area contributed by atoms with E-state index in [0.29, 0.717) is 32.5 Å². The third-order valence-corrected chi connectivity index (χ3v) is 5.39. The second-order valence-corrected chi connectivity index (χ2v) is 8.21. The second kappa shape index (κ2) is 10.5. The van der Waals surface area contributed by atoms with Gasteiger partial charge in [0.2, 0.25) is 5.91 Å². The van der Waals surface area contributed by atoms with Crippen LogP contribution in [0.5, 0.6) is 5.75 Å². The first-order valence-electron chi connectivity index (χ1n) is 10.8. The van der Waals surface area contributed by atoms with Crippen LogP contribution in [-0.4, -0.2) is 67.1 Å². The Hall–Kier alpha value is -2.28. The Kier molecular flexibility index (Phi) is 7.75. The predicted molar refractivity (Wildman–Crippen MR) is 113 cm³/mol. The molecule has 0 unspecified atom stereocenters. The van der Waals surface area contributed by atoms with E-state index in [-0.39, 0.29) is 18.0 Å². The second-order valence-electron chi connectivity index (χ2n) is 8.21. The van der Waals surface area contributed by atoms with Crippen molar-refractivity contribution in [3.63, 3.8) is 0 Å². The number of nitrogens with one attached hydrogen (secondary N) is 2. The standard InChI is InChI=1S/C22H34N4O3/c1-17(2)24-22(28)26-13-14-29-20-7-5-18(15-19(20)16-26)6-8-21(27)23-9-12-25-10-3-4-11-25/h5,7,15,17H,3-4,6,8-14,16H2,1-2H3,(H,23,27)(H,24,28). The van der Waals surface area contributed by atoms with Crippen molar-refractivity contribution >= 4 is 11.9 Å². The van der Waals surface area contributed by atoms with Crippen LogP contribution in [0.2, 0.25) is 0 Å². The van der Waals surface area contributed by atoms with Crippen LogP contribution in [0.1, 0.15) is 44.2 Å². The molecule has 0 atom stereocenters. The lowest BCUT2D eigenvalue weighted by atomic mass is 10.0. The summed E-state index contributed by atoms with van der Waals surface area (Å²) in [6, 6.07) is 6.06. The van der Waals surface area contributed by atoms with E-state index in [9.17, 15) is 9.59 Å². The van der Waals surface area contributed by atoms with Crippen LogP contribution < -0.4 is 15.4 Å². The van der Waals surface area contributed by atoms with Crippen molar-refractivity contribution in [3.05, 3.63) is 29.3 Å². The molecule has 0 spiro atoms. The summed E-state index contributed by atoms with van der Waals surface area (Å²) in [5.41, 5.74) is 2.08. The monoisotopic (exact) mass is 402 g/mol. The fourth-order valence-corrected chi connectivity index (χ4v) is 3.82. The molecular weight excluding hydrogens is 368 g/mol. The van der Waals surface area contributed by atoms with E-state index >= 15 is 0 Å². The van der Waals surface area contributed by atoms with Crippen LogP contribution in [0.3, 0.4) is 0 Å². The van der Waals surface area contributed by atoms with Gasteiger partial charge in [0, 0.05) is 31.1 Å². The summed E-state index contributed by atoms with van der Waals surface area (Å²) in [5.74, 6) is 0.914. The first-order chi connectivity index (χ1) is 14.0. The van der Waals surface area contributed by atoms with Gasteiger partial charge >= 0.3 is 6.03 Å². The van der Waals surface area contributed by atoms with Gasteiger partial charge in [-0.15, -0.1) is 0 Å². The van der Waals surface area contributed by atoms with Crippen molar-refractivity contribution in [1.82, 2.24) is 20.4 Å². The maximum atomic E-state index is 12.4. The van der Waals surface area contributed by atoms with Gasteiger partial charge in [0.05, 0.1) is 13.1 Å². The van der Waals surface area contributed by atoms with Gasteiger partial charge in [-0.1, -0.05) is 12.1 Å². The van der Waals surface area contributed by atoms with Crippen LogP contribution in [0.15, 0.2) is 18.2 Å². The number of nitrogens with zero attached hydrogens (tertiary/aromatic N) is 2. The van der Waals surface area contributed by atoms with Crippen molar-refractivity contribution < 1.29 is 14.3 Å². The third-order valence-electron chi connectivity index (χ3n) is 5.39. The van der Waals surface area contributed by atoms with E-state index < -0.39 is 0 Å². The lowest BCUT2D eigenvalue weighted by Crippen LogP contribution is -2.43. The molecule has 0 radical (unpaired) electrons. The number of carbonyl (C=O) groups excluding carboxylic acids is 2. The van der Waals surface area contributed by atoms with Crippen molar-refractivity contribution in [1.29, 1.82) is 0 Å². The molecule has 2 heterocycles. The number of aryl methyl sites for hydroxylation is 1. The minimum absolute atomic E-state index is 0.0702. The Balaban J connectivity index is 1.49. The van der Waals surface area contributed by atoms with E-state index in [1.165, 1.54) is 12.8 Å². The molecule has 2 N–H and O–H groups in total. The van der Waals surface area contributed by atoms with E-state index in [4.69, 9.17) is 4.74 Å². The largest absolute Gasteiger partial charge is 0.491 e. The highest BCUT2D eigenvalue weighted by molar-refractivity contribution is 5.76. The highest BCUT2D eigenvalue weighted by atomic mass is 16.5. The van der Waals surface area contributed by atoms with E-state index in [0.717, 1.165) is 43.1 Å². The summed E-state index contributed by atoms with van der Waals surface area (Å²) in [4.78, 5) is 28.7. The lowest BCUT2D eigenvalue weighted by molar-refractivity contribution is -0.121. The third kappa shape index (κ3) is 6.63. The van der Waals surface area contributed by atoms with Crippen molar-refractivity contribution in [3.8, 4) is 5.75 Å². The van der Waals surface area contributed by atoms with Gasteiger partial charge in [-0.2, -0.15) is 0 Å². The Morgan fingerprint density at radius 2 is 1.97 bits per heavy atom. The van der Waals surface area contributed by atoms with Crippen LogP contribution in [-0.2, 0) is 17.8 Å². The van der Waals surface area contributed by atoms with Gasteiger partial charge in [0.1, 0.15) is 12.4 Å². The average Bonchev–Trinajstić information content (AvgIpc) is 3.10. The van der Waals surface area contributed by atoms with Gasteiger partial charge < -0.3 is 25.2 Å². The zero-order chi connectivity index (χ0) is 20.6. The molecule has 1 aromatic rings. The molecule has 3 rings (SSSR count). The van der Waals surface area contributed by atoms with Gasteiger partial charge in [-0.25, -0.2) is 4.79 Å². The van der Waals surface area contributed by atoms with Crippen LogP contribution in [0.4, 0.5) is 4.79 Å². The maximum absolute atomic E-state index is 12.4. The van der Waals surface area contributed by atoms with Crippen LogP contribution in [0, 0.1) is 0 Å². The Morgan fingerprint density at radius 1 is 1.17 bits per heavy atom. The molecule has 0 aliphatic carbocycles. The number of hydrogen-bond acceptors (Lipinski definition) is 4. The van der Waals surface area contributed by atoms with Gasteiger partial charge in [-0.3, -0.25) is 4.79 Å². The number of benzene rings is 1. The first kappa shape index (κ1) is 21.4. The molecule has 160 valence electrons. The zero-order valence-corrected chi connectivity index (χ0v) is 17.7. The molecular formula is C22H34N4O3. The number of likely N-dealkylation sites (tertiary alicyclic amines) is 1. The van der Waals surface area contributed by atoms with E-state index in [1.807, 2.05) is 26.0 Å². The van der Waals surface area contributed by atoms with E-state index in [2.05, 4.69) is 21.6 Å². The Morgan fingerprint density at radius 3 is 2.72 bits per heavy atom. The number of hydrogen-bond donors (Lipinski definition) is 2. The first-order valence-corrected chi connectivity index (χ1v) is 10.8. The summed E-state index contributed by atoms with van der Waals surface area (Å²) >= 11 is 0. The Labute approximate surface area is 173 Å². The highest BCUT2D eigenvalue weighted by Crippen LogP contribution is 2.25. The fraction of sp³-hybridized carbons (Fsp3) is 0.636. The average molecular weight is 403 g/mol. The molecule has 2 aliphatic heterocycles. The minimum Gasteiger partial charge on any atom is -0.491 e. The molecule has 0 bridgehead atoms. The van der Waals surface area contributed by atoms with Gasteiger partial charge in [0.15, 0.2) is 0 Å². The predicted octanol–water partition coefficient (Wildman–Crippen LogP) is 2.14. The zero-order valence-electron chi connectivity index (χ0n) is 17.7. The molecule has 7 nitrogen and oxygen atoms in total. The Bertz CT molecular complexity index is 701. The smallest absolute Gasteiger partial charge is 0.318 e. The summed E-state index contributed by atoms with van der Waals surface area (Å²) in [5, 5.41) is 5.97. The van der Waals surface area contributed by atoms with Crippen LogP contribution >= 0.6 is 0 Å². The van der Waals surface area contributed by atoms with E-state index in [1.54, 1.807) is 4.90 Å². The van der Waals surface area contributed by atoms with Crippen LogP contribution in [0.25, 0.3) is 0 Å². The number of carbonyl (C=O) groups is 2. The molecule has 2 aliphatic rings. The number of rotatable bonds is 7. The maximum Gasteiger partial charge on any atom is 0.318 e. The normalized spacial score (nSPS) is 16.9. The SMILES string of the molecule is CC(C)NC(=O)N1CCOc2ccc(CCC(=O)NCCN3CCCC3)cc2C1. The van der Waals surface area contributed by atoms with Crippen molar-refractivity contribution in [2.75, 3.05) is 39.3 Å². The molecule has 7 heteroatoms. The number of ether oxygens (including phenoxy) is 1. The summed E-state index contributed by atoms with van der Waals surface area (Å²) in [7, 11) is 0. The highest BCUT2D eigenvalue weighted by Gasteiger charge is 2.20. The minimum atomic E-state index is -0.0702. The summed E-state index contributed by atoms with van der Waals surface area (Å²) in [6.07, 6.45) is 3.69. The quantitative estimate of drug-likeness (QED) is 0.733. The lowest BCUT2D eigenvalue weighted by Gasteiger charge is -2.22. The van der Waals surface area contributed by atoms with Gasteiger partial charge in [-0.05, 0) is 57.8 Å². The number of fused-ring (bicyclic) bond motifs is 1. The molecule has 1 saturated heterocycles. The topological polar surface area (TPSA) is 73.9 Å². The molecule has 0 aromatic heterocycles. The summed E-state index contributed by atoms with van der Waals surface area (Å²) < 4.78 is 5.81. The molecule has 29 heavy (non-hydrogen) atoms. The molecule has 3 amide bonds. The fourth-order valence-electron chi connectivity index (χ4n) is 3.82. The van der Waals surface area contributed by atoms with Crippen molar-refractivity contribution in [2.45, 2.75) is 52.1 Å². The van der Waals surface area contributed by atoms with Gasteiger partial charge in [0.25, 0.3) is 0 Å². The number of amides is 3. The van der Waals surface area contributed by atoms with Crippen molar-refractivity contribution in [2.24, 2.45) is 0 Å². The number of urea groups is 1. The molecule has 1 fully saturated rings.